The first-order valence-electron chi connectivity index (χ1n) is 7.00. The predicted molar refractivity (Wildman–Crippen MR) is 94.8 cm³/mol. The van der Waals surface area contributed by atoms with Crippen LogP contribution in [0, 0.1) is 0 Å². The van der Waals surface area contributed by atoms with Crippen LogP contribution in [0.2, 0.25) is 10.0 Å². The summed E-state index contributed by atoms with van der Waals surface area (Å²) in [5.41, 5.74) is -0.331. The minimum atomic E-state index is -4.54. The van der Waals surface area contributed by atoms with Crippen LogP contribution in [-0.2, 0) is 6.18 Å². The minimum absolute atomic E-state index is 0.0918. The van der Waals surface area contributed by atoms with E-state index in [1.807, 2.05) is 0 Å². The largest absolute Gasteiger partial charge is 0.417 e. The maximum atomic E-state index is 12.7. The molecule has 1 amide bonds. The summed E-state index contributed by atoms with van der Waals surface area (Å²) in [5.74, 6) is -0.456. The third-order valence-corrected chi connectivity index (χ3v) is 4.63. The maximum absolute atomic E-state index is 12.7. The molecule has 0 bridgehead atoms. The first-order valence-corrected chi connectivity index (χ1v) is 8.64. The summed E-state index contributed by atoms with van der Waals surface area (Å²) in [5, 5.41) is 4.45. The Morgan fingerprint density at radius 2 is 1.88 bits per heavy atom. The van der Waals surface area contributed by atoms with Gasteiger partial charge in [-0.2, -0.15) is 13.2 Å². The number of rotatable bonds is 3. The summed E-state index contributed by atoms with van der Waals surface area (Å²) in [7, 11) is 0. The van der Waals surface area contributed by atoms with Crippen molar-refractivity contribution < 1.29 is 18.0 Å². The second-order valence-electron chi connectivity index (χ2n) is 5.02. The molecule has 134 valence electrons. The third-order valence-electron chi connectivity index (χ3n) is 3.25. The van der Waals surface area contributed by atoms with Crippen LogP contribution in [0.15, 0.2) is 41.9 Å². The number of aromatic nitrogens is 2. The van der Waals surface area contributed by atoms with Crippen molar-refractivity contribution in [3.05, 3.63) is 63.1 Å². The van der Waals surface area contributed by atoms with Crippen molar-refractivity contribution >= 4 is 45.6 Å². The van der Waals surface area contributed by atoms with Gasteiger partial charge in [-0.15, -0.1) is 11.3 Å². The number of hydrogen-bond acceptors (Lipinski definition) is 4. The molecule has 0 aliphatic heterocycles. The maximum Gasteiger partial charge on any atom is 0.417 e. The Balaban J connectivity index is 1.82. The molecular weight excluding hydrogens is 410 g/mol. The third kappa shape index (κ3) is 3.98. The van der Waals surface area contributed by atoms with E-state index in [4.69, 9.17) is 23.2 Å². The van der Waals surface area contributed by atoms with Gasteiger partial charge in [-0.05, 0) is 18.2 Å². The molecule has 0 aliphatic rings. The van der Waals surface area contributed by atoms with Crippen LogP contribution in [0.25, 0.3) is 11.4 Å². The normalized spacial score (nSPS) is 11.4. The predicted octanol–water partition coefficient (Wildman–Crippen LogP) is 5.78. The molecule has 0 unspecified atom stereocenters. The number of halogens is 5. The van der Waals surface area contributed by atoms with Gasteiger partial charge >= 0.3 is 6.18 Å². The van der Waals surface area contributed by atoms with Crippen molar-refractivity contribution in [2.24, 2.45) is 0 Å². The lowest BCUT2D eigenvalue weighted by molar-refractivity contribution is -0.137. The standard InChI is InChI=1S/C16H8Cl2F3N3OS/c17-10-4-2-1-3-9(10)14(25)24-15-23-12(7-26-15)13-11(18)5-8(6-22-13)16(19,20)21/h1-7H,(H,23,24,25). The van der Waals surface area contributed by atoms with Gasteiger partial charge < -0.3 is 0 Å². The molecule has 0 fully saturated rings. The van der Waals surface area contributed by atoms with Crippen LogP contribution in [0.4, 0.5) is 18.3 Å². The highest BCUT2D eigenvalue weighted by Gasteiger charge is 2.31. The Morgan fingerprint density at radius 3 is 2.54 bits per heavy atom. The SMILES string of the molecule is O=C(Nc1nc(-c2ncc(C(F)(F)F)cc2Cl)cs1)c1ccccc1Cl. The Morgan fingerprint density at radius 1 is 1.15 bits per heavy atom. The average Bonchev–Trinajstić information content (AvgIpc) is 3.02. The number of amides is 1. The molecule has 4 nitrogen and oxygen atoms in total. The molecular formula is C16H8Cl2F3N3OS. The molecule has 0 radical (unpaired) electrons. The van der Waals surface area contributed by atoms with Crippen molar-refractivity contribution in [1.29, 1.82) is 0 Å². The van der Waals surface area contributed by atoms with Crippen molar-refractivity contribution in [1.82, 2.24) is 9.97 Å². The van der Waals surface area contributed by atoms with Gasteiger partial charge in [0, 0.05) is 11.6 Å². The Labute approximate surface area is 159 Å². The zero-order chi connectivity index (χ0) is 18.9. The number of carbonyl (C=O) groups excluding carboxylic acids is 1. The van der Waals surface area contributed by atoms with Crippen LogP contribution in [0.3, 0.4) is 0 Å². The lowest BCUT2D eigenvalue weighted by Crippen LogP contribution is -2.12. The van der Waals surface area contributed by atoms with Crippen molar-refractivity contribution in [3.8, 4) is 11.4 Å². The summed E-state index contributed by atoms with van der Waals surface area (Å²) >= 11 is 12.9. The fraction of sp³-hybridized carbons (Fsp3) is 0.0625. The van der Waals surface area contributed by atoms with Crippen molar-refractivity contribution in [2.45, 2.75) is 6.18 Å². The number of pyridine rings is 1. The number of carbonyl (C=O) groups is 1. The van der Waals surface area contributed by atoms with Crippen molar-refractivity contribution in [3.63, 3.8) is 0 Å². The van der Waals surface area contributed by atoms with Gasteiger partial charge in [-0.3, -0.25) is 15.1 Å². The number of nitrogens with one attached hydrogen (secondary N) is 1. The van der Waals surface area contributed by atoms with Gasteiger partial charge in [-0.1, -0.05) is 35.3 Å². The highest BCUT2D eigenvalue weighted by Crippen LogP contribution is 2.35. The molecule has 2 aromatic heterocycles. The van der Waals surface area contributed by atoms with E-state index < -0.39 is 17.6 Å². The summed E-state index contributed by atoms with van der Waals surface area (Å²) in [6.45, 7) is 0. The van der Waals surface area contributed by atoms with Gasteiger partial charge in [0.2, 0.25) is 0 Å². The second kappa shape index (κ2) is 7.22. The smallest absolute Gasteiger partial charge is 0.298 e. The second-order valence-corrected chi connectivity index (χ2v) is 6.70. The quantitative estimate of drug-likeness (QED) is 0.587. The van der Waals surface area contributed by atoms with Crippen LogP contribution in [0.1, 0.15) is 15.9 Å². The molecule has 0 saturated heterocycles. The zero-order valence-corrected chi connectivity index (χ0v) is 15.0. The van der Waals surface area contributed by atoms with E-state index in [0.29, 0.717) is 6.20 Å². The number of benzene rings is 1. The fourth-order valence-electron chi connectivity index (χ4n) is 2.03. The fourth-order valence-corrected chi connectivity index (χ4v) is 3.21. The Kier molecular flexibility index (Phi) is 5.17. The molecule has 0 atom stereocenters. The van der Waals surface area contributed by atoms with E-state index in [1.165, 1.54) is 5.38 Å². The number of thiazole rings is 1. The monoisotopic (exact) mass is 417 g/mol. The van der Waals surface area contributed by atoms with Gasteiger partial charge in [0.05, 0.1) is 21.2 Å². The minimum Gasteiger partial charge on any atom is -0.298 e. The van der Waals surface area contributed by atoms with Gasteiger partial charge in [0.1, 0.15) is 11.4 Å². The number of nitrogens with zero attached hydrogens (tertiary/aromatic N) is 2. The molecule has 3 aromatic rings. The topological polar surface area (TPSA) is 54.9 Å². The number of alkyl halides is 3. The first-order chi connectivity index (χ1) is 12.3. The summed E-state index contributed by atoms with van der Waals surface area (Å²) in [4.78, 5) is 20.1. The molecule has 0 aliphatic carbocycles. The molecule has 1 aromatic carbocycles. The van der Waals surface area contributed by atoms with E-state index in [1.54, 1.807) is 24.3 Å². The van der Waals surface area contributed by atoms with E-state index in [-0.39, 0.29) is 32.1 Å². The average molecular weight is 418 g/mol. The zero-order valence-electron chi connectivity index (χ0n) is 12.6. The number of anilines is 1. The van der Waals surface area contributed by atoms with Crippen LogP contribution < -0.4 is 5.32 Å². The molecule has 10 heteroatoms. The number of hydrogen-bond donors (Lipinski definition) is 1. The Hall–Kier alpha value is -2.16. The van der Waals surface area contributed by atoms with Gasteiger partial charge in [0.25, 0.3) is 5.91 Å². The Bertz CT molecular complexity index is 975. The van der Waals surface area contributed by atoms with Gasteiger partial charge in [0.15, 0.2) is 5.13 Å². The van der Waals surface area contributed by atoms with Crippen LogP contribution >= 0.6 is 34.5 Å². The molecule has 2 heterocycles. The molecule has 1 N–H and O–H groups in total. The lowest BCUT2D eigenvalue weighted by Gasteiger charge is -2.07. The first kappa shape index (κ1) is 18.6. The molecule has 0 saturated carbocycles. The van der Waals surface area contributed by atoms with Crippen LogP contribution in [0.5, 0.6) is 0 Å². The summed E-state index contributed by atoms with van der Waals surface area (Å²) in [6.07, 6.45) is -3.85. The molecule has 26 heavy (non-hydrogen) atoms. The van der Waals surface area contributed by atoms with Crippen molar-refractivity contribution in [2.75, 3.05) is 5.32 Å². The molecule has 0 spiro atoms. The van der Waals surface area contributed by atoms with E-state index >= 15 is 0 Å². The highest BCUT2D eigenvalue weighted by atomic mass is 35.5. The highest BCUT2D eigenvalue weighted by molar-refractivity contribution is 7.14. The van der Waals surface area contributed by atoms with E-state index in [0.717, 1.165) is 17.4 Å². The summed E-state index contributed by atoms with van der Waals surface area (Å²) in [6, 6.07) is 7.28. The van der Waals surface area contributed by atoms with Gasteiger partial charge in [-0.25, -0.2) is 4.98 Å². The lowest BCUT2D eigenvalue weighted by atomic mass is 10.2. The van der Waals surface area contributed by atoms with E-state index in [2.05, 4.69) is 15.3 Å². The van der Waals surface area contributed by atoms with E-state index in [9.17, 15) is 18.0 Å². The van der Waals surface area contributed by atoms with Crippen LogP contribution in [-0.4, -0.2) is 15.9 Å². The molecule has 3 rings (SSSR count). The summed E-state index contributed by atoms with van der Waals surface area (Å²) < 4.78 is 38.0.